The highest BCUT2D eigenvalue weighted by Crippen LogP contribution is 2.25. The fourth-order valence-corrected chi connectivity index (χ4v) is 2.49. The lowest BCUT2D eigenvalue weighted by Crippen LogP contribution is -1.99. The Labute approximate surface area is 99.8 Å². The zero-order valence-electron chi connectivity index (χ0n) is 8.73. The fourth-order valence-electron chi connectivity index (χ4n) is 1.68. The molecule has 86 valence electrons. The summed E-state index contributed by atoms with van der Waals surface area (Å²) in [4.78, 5) is 20.8. The Morgan fingerprint density at radius 3 is 2.88 bits per heavy atom. The number of aromatic nitrogens is 3. The van der Waals surface area contributed by atoms with Crippen LogP contribution in [-0.4, -0.2) is 20.1 Å². The van der Waals surface area contributed by atoms with Crippen LogP contribution in [0.4, 0.5) is 0 Å². The minimum absolute atomic E-state index is 0.0558. The molecule has 0 fully saturated rings. The highest BCUT2D eigenvalue weighted by Gasteiger charge is 2.06. The fraction of sp³-hybridized carbons (Fsp3) is 0.0909. The average molecular weight is 247 g/mol. The number of hydrogen-bond acceptors (Lipinski definition) is 4. The molecule has 0 saturated heterocycles. The molecule has 0 spiro atoms. The van der Waals surface area contributed by atoms with E-state index < -0.39 is 0 Å². The van der Waals surface area contributed by atoms with Crippen LogP contribution in [0.25, 0.3) is 21.6 Å². The lowest BCUT2D eigenvalue weighted by Gasteiger charge is -1.95. The largest absolute Gasteiger partial charge is 0.390 e. The van der Waals surface area contributed by atoms with Gasteiger partial charge in [-0.05, 0) is 18.2 Å². The van der Waals surface area contributed by atoms with Crippen LogP contribution in [0.5, 0.6) is 0 Å². The van der Waals surface area contributed by atoms with Crippen LogP contribution in [0.2, 0.25) is 0 Å². The number of nitrogens with one attached hydrogen (secondary N) is 2. The summed E-state index contributed by atoms with van der Waals surface area (Å²) in [6.07, 6.45) is 0. The van der Waals surface area contributed by atoms with E-state index in [-0.39, 0.29) is 12.3 Å². The van der Waals surface area contributed by atoms with Gasteiger partial charge in [0.25, 0.3) is 0 Å². The Hall–Kier alpha value is -1.92. The van der Waals surface area contributed by atoms with Crippen molar-refractivity contribution in [3.8, 4) is 10.6 Å². The van der Waals surface area contributed by atoms with Gasteiger partial charge in [0.1, 0.15) is 5.01 Å². The first-order chi connectivity index (χ1) is 8.26. The Morgan fingerprint density at radius 2 is 2.12 bits per heavy atom. The molecule has 0 aliphatic rings. The van der Waals surface area contributed by atoms with Crippen molar-refractivity contribution in [3.05, 3.63) is 39.8 Å². The molecule has 6 heteroatoms. The van der Waals surface area contributed by atoms with Gasteiger partial charge in [0.2, 0.25) is 0 Å². The van der Waals surface area contributed by atoms with E-state index in [1.165, 1.54) is 11.3 Å². The van der Waals surface area contributed by atoms with Crippen LogP contribution in [0.1, 0.15) is 5.69 Å². The first kappa shape index (κ1) is 10.2. The predicted octanol–water partition coefficient (Wildman–Crippen LogP) is 1.47. The monoisotopic (exact) mass is 247 g/mol. The number of fused-ring (bicyclic) bond motifs is 1. The molecule has 0 aliphatic carbocycles. The van der Waals surface area contributed by atoms with Crippen LogP contribution in [0.15, 0.2) is 28.4 Å². The standard InChI is InChI=1S/C11H9N3O2S/c15-4-7-5-17-10(12-7)6-1-2-8-9(3-6)14-11(16)13-8/h1-3,5,15H,4H2,(H2,13,14,16). The summed E-state index contributed by atoms with van der Waals surface area (Å²) in [5.41, 5.74) is 2.91. The maximum absolute atomic E-state index is 11.1. The first-order valence-electron chi connectivity index (χ1n) is 5.04. The van der Waals surface area contributed by atoms with Crippen molar-refractivity contribution in [2.75, 3.05) is 0 Å². The number of H-pyrrole nitrogens is 2. The molecule has 5 nitrogen and oxygen atoms in total. The second-order valence-electron chi connectivity index (χ2n) is 3.64. The van der Waals surface area contributed by atoms with Gasteiger partial charge in [-0.3, -0.25) is 0 Å². The molecule has 2 aromatic heterocycles. The van der Waals surface area contributed by atoms with Crippen LogP contribution in [0.3, 0.4) is 0 Å². The Bertz CT molecular complexity index is 725. The molecule has 3 aromatic rings. The third kappa shape index (κ3) is 1.77. The lowest BCUT2D eigenvalue weighted by atomic mass is 10.2. The van der Waals surface area contributed by atoms with E-state index >= 15 is 0 Å². The van der Waals surface area contributed by atoms with Gasteiger partial charge >= 0.3 is 5.69 Å². The minimum atomic E-state index is -0.215. The number of aliphatic hydroxyl groups is 1. The van der Waals surface area contributed by atoms with Gasteiger partial charge in [-0.25, -0.2) is 9.78 Å². The van der Waals surface area contributed by atoms with Gasteiger partial charge in [-0.15, -0.1) is 11.3 Å². The van der Waals surface area contributed by atoms with Gasteiger partial charge in [0.15, 0.2) is 0 Å². The van der Waals surface area contributed by atoms with Crippen LogP contribution in [-0.2, 0) is 6.61 Å². The molecule has 0 unspecified atom stereocenters. The Kier molecular flexibility index (Phi) is 2.31. The maximum Gasteiger partial charge on any atom is 0.323 e. The molecule has 0 aliphatic heterocycles. The molecular weight excluding hydrogens is 238 g/mol. The average Bonchev–Trinajstić information content (AvgIpc) is 2.92. The summed E-state index contributed by atoms with van der Waals surface area (Å²) in [5, 5.41) is 11.6. The van der Waals surface area contributed by atoms with Gasteiger partial charge in [0.05, 0.1) is 23.3 Å². The second-order valence-corrected chi connectivity index (χ2v) is 4.50. The van der Waals surface area contributed by atoms with E-state index in [1.54, 1.807) is 0 Å². The van der Waals surface area contributed by atoms with Crippen molar-refractivity contribution in [1.29, 1.82) is 0 Å². The van der Waals surface area contributed by atoms with E-state index in [0.717, 1.165) is 21.6 Å². The molecule has 0 atom stereocenters. The zero-order chi connectivity index (χ0) is 11.8. The molecule has 0 amide bonds. The molecule has 0 bridgehead atoms. The van der Waals surface area contributed by atoms with Crippen molar-refractivity contribution in [3.63, 3.8) is 0 Å². The number of rotatable bonds is 2. The summed E-state index contributed by atoms with van der Waals surface area (Å²) < 4.78 is 0. The smallest absolute Gasteiger partial charge is 0.323 e. The van der Waals surface area contributed by atoms with E-state index in [4.69, 9.17) is 5.11 Å². The highest BCUT2D eigenvalue weighted by atomic mass is 32.1. The van der Waals surface area contributed by atoms with E-state index in [1.807, 2.05) is 23.6 Å². The molecule has 0 radical (unpaired) electrons. The predicted molar refractivity (Wildman–Crippen MR) is 66.0 cm³/mol. The Morgan fingerprint density at radius 1 is 1.29 bits per heavy atom. The summed E-state index contributed by atoms with van der Waals surface area (Å²) >= 11 is 1.47. The number of aliphatic hydroxyl groups excluding tert-OH is 1. The van der Waals surface area contributed by atoms with E-state index in [9.17, 15) is 4.79 Å². The van der Waals surface area contributed by atoms with Crippen molar-refractivity contribution < 1.29 is 5.11 Å². The molecule has 1 aromatic carbocycles. The maximum atomic E-state index is 11.1. The number of benzene rings is 1. The van der Waals surface area contributed by atoms with Gasteiger partial charge in [0, 0.05) is 10.9 Å². The zero-order valence-corrected chi connectivity index (χ0v) is 9.54. The quantitative estimate of drug-likeness (QED) is 0.641. The number of aromatic amines is 2. The van der Waals surface area contributed by atoms with Crippen molar-refractivity contribution in [2.45, 2.75) is 6.61 Å². The van der Waals surface area contributed by atoms with Crippen molar-refractivity contribution in [2.24, 2.45) is 0 Å². The van der Waals surface area contributed by atoms with Gasteiger partial charge in [-0.1, -0.05) is 0 Å². The third-order valence-electron chi connectivity index (χ3n) is 2.48. The van der Waals surface area contributed by atoms with Gasteiger partial charge in [-0.2, -0.15) is 0 Å². The number of hydrogen-bond donors (Lipinski definition) is 3. The molecule has 3 N–H and O–H groups in total. The van der Waals surface area contributed by atoms with Crippen molar-refractivity contribution >= 4 is 22.4 Å². The number of imidazole rings is 1. The normalized spacial score (nSPS) is 11.1. The number of thiazole rings is 1. The van der Waals surface area contributed by atoms with Crippen LogP contribution in [0, 0.1) is 0 Å². The molecule has 2 heterocycles. The topological polar surface area (TPSA) is 81.8 Å². The summed E-state index contributed by atoms with van der Waals surface area (Å²) in [6, 6.07) is 5.60. The van der Waals surface area contributed by atoms with Crippen LogP contribution >= 0.6 is 11.3 Å². The molecule has 17 heavy (non-hydrogen) atoms. The lowest BCUT2D eigenvalue weighted by molar-refractivity contribution is 0.278. The van der Waals surface area contributed by atoms with Crippen LogP contribution < -0.4 is 5.69 Å². The summed E-state index contributed by atoms with van der Waals surface area (Å²) in [7, 11) is 0. The SMILES string of the molecule is O=c1[nH]c2ccc(-c3nc(CO)cs3)cc2[nH]1. The third-order valence-corrected chi connectivity index (χ3v) is 3.42. The minimum Gasteiger partial charge on any atom is -0.390 e. The second kappa shape index (κ2) is 3.83. The molecule has 3 rings (SSSR count). The number of nitrogens with zero attached hydrogens (tertiary/aromatic N) is 1. The van der Waals surface area contributed by atoms with Gasteiger partial charge < -0.3 is 15.1 Å². The molecular formula is C11H9N3O2S. The summed E-state index contributed by atoms with van der Waals surface area (Å²) in [6.45, 7) is -0.0558. The first-order valence-corrected chi connectivity index (χ1v) is 5.92. The van der Waals surface area contributed by atoms with E-state index in [2.05, 4.69) is 15.0 Å². The van der Waals surface area contributed by atoms with E-state index in [0.29, 0.717) is 5.69 Å². The highest BCUT2D eigenvalue weighted by molar-refractivity contribution is 7.13. The summed E-state index contributed by atoms with van der Waals surface area (Å²) in [5.74, 6) is 0. The Balaban J connectivity index is 2.13. The van der Waals surface area contributed by atoms with Crippen molar-refractivity contribution in [1.82, 2.24) is 15.0 Å². The molecule has 0 saturated carbocycles.